The van der Waals surface area contributed by atoms with E-state index in [1.54, 1.807) is 7.11 Å². The van der Waals surface area contributed by atoms with Crippen molar-refractivity contribution in [1.29, 1.82) is 0 Å². The fourth-order valence-electron chi connectivity index (χ4n) is 3.68. The summed E-state index contributed by atoms with van der Waals surface area (Å²) >= 11 is 0. The van der Waals surface area contributed by atoms with E-state index in [1.165, 1.54) is 32.1 Å². The third-order valence-corrected chi connectivity index (χ3v) is 5.57. The number of nitrogens with zero attached hydrogens (tertiary/aromatic N) is 2. The van der Waals surface area contributed by atoms with Gasteiger partial charge >= 0.3 is 0 Å². The molecule has 0 radical (unpaired) electrons. The van der Waals surface area contributed by atoms with Gasteiger partial charge in [0.25, 0.3) is 0 Å². The maximum Gasteiger partial charge on any atom is 0.119 e. The molecule has 31 heavy (non-hydrogen) atoms. The number of benzene rings is 2. The van der Waals surface area contributed by atoms with E-state index >= 15 is 0 Å². The molecule has 0 heterocycles. The molecule has 0 fully saturated rings. The van der Waals surface area contributed by atoms with Gasteiger partial charge in [-0.15, -0.1) is 4.91 Å². The number of hydrogen-bond acceptors (Lipinski definition) is 5. The Balaban J connectivity index is 2.02. The van der Waals surface area contributed by atoms with Crippen molar-refractivity contribution in [2.24, 2.45) is 5.18 Å². The molecule has 0 unspecified atom stereocenters. The molecule has 0 amide bonds. The fraction of sp³-hybridized carbons (Fsp3) is 0.538. The van der Waals surface area contributed by atoms with Crippen molar-refractivity contribution in [3.05, 3.63) is 52.9 Å². The maximum absolute atomic E-state index is 11.2. The van der Waals surface area contributed by atoms with E-state index in [4.69, 9.17) is 9.47 Å². The van der Waals surface area contributed by atoms with Crippen molar-refractivity contribution in [2.45, 2.75) is 65.2 Å². The SMILES string of the molecule is CCCCCCCCN(CCOc1ccc(OC)cc1)c1ccc(N=O)c(C(C)C)c1. The molecule has 2 aromatic rings. The minimum atomic E-state index is 0.249. The normalized spacial score (nSPS) is 10.9. The van der Waals surface area contributed by atoms with Crippen LogP contribution in [0.5, 0.6) is 11.5 Å². The number of rotatable bonds is 15. The fourth-order valence-corrected chi connectivity index (χ4v) is 3.68. The lowest BCUT2D eigenvalue weighted by Gasteiger charge is -2.26. The minimum Gasteiger partial charge on any atom is -0.497 e. The van der Waals surface area contributed by atoms with Gasteiger partial charge < -0.3 is 14.4 Å². The highest BCUT2D eigenvalue weighted by Gasteiger charge is 2.13. The van der Waals surface area contributed by atoms with Crippen molar-refractivity contribution in [3.8, 4) is 11.5 Å². The van der Waals surface area contributed by atoms with Crippen LogP contribution in [0.1, 0.15) is 70.8 Å². The van der Waals surface area contributed by atoms with Crippen LogP contribution >= 0.6 is 0 Å². The lowest BCUT2D eigenvalue weighted by Crippen LogP contribution is -2.29. The molecule has 0 N–H and O–H groups in total. The summed E-state index contributed by atoms with van der Waals surface area (Å²) < 4.78 is 11.2. The number of ether oxygens (including phenoxy) is 2. The van der Waals surface area contributed by atoms with Gasteiger partial charge in [0.1, 0.15) is 23.8 Å². The van der Waals surface area contributed by atoms with Crippen molar-refractivity contribution < 1.29 is 9.47 Å². The van der Waals surface area contributed by atoms with Crippen LogP contribution < -0.4 is 14.4 Å². The van der Waals surface area contributed by atoms with Crippen LogP contribution in [0.15, 0.2) is 47.6 Å². The number of methoxy groups -OCH3 is 1. The van der Waals surface area contributed by atoms with Gasteiger partial charge in [-0.25, -0.2) is 0 Å². The van der Waals surface area contributed by atoms with Gasteiger partial charge in [0, 0.05) is 12.2 Å². The first-order chi connectivity index (χ1) is 15.1. The molecular formula is C26H38N2O3. The van der Waals surface area contributed by atoms with Gasteiger partial charge in [-0.05, 0) is 65.5 Å². The number of unbranched alkanes of at least 4 members (excludes halogenated alkanes) is 5. The zero-order valence-electron chi connectivity index (χ0n) is 19.6. The predicted octanol–water partition coefficient (Wildman–Crippen LogP) is 7.46. The molecule has 0 spiro atoms. The topological polar surface area (TPSA) is 51.1 Å². The average Bonchev–Trinajstić information content (AvgIpc) is 2.80. The summed E-state index contributed by atoms with van der Waals surface area (Å²) in [4.78, 5) is 13.6. The maximum atomic E-state index is 11.2. The van der Waals surface area contributed by atoms with Crippen molar-refractivity contribution >= 4 is 11.4 Å². The van der Waals surface area contributed by atoms with Gasteiger partial charge in [-0.3, -0.25) is 0 Å². The molecule has 0 bridgehead atoms. The van der Waals surface area contributed by atoms with E-state index in [-0.39, 0.29) is 5.92 Å². The standard InChI is InChI=1S/C26H38N2O3/c1-5-6-7-8-9-10-17-28(18-19-31-24-14-12-23(30-4)13-15-24)22-11-16-26(27-29)25(20-22)21(2)3/h11-16,20-21H,5-10,17-19H2,1-4H3. The van der Waals surface area contributed by atoms with Crippen LogP contribution in [0.2, 0.25) is 0 Å². The highest BCUT2D eigenvalue weighted by molar-refractivity contribution is 5.59. The van der Waals surface area contributed by atoms with Crippen LogP contribution in [-0.4, -0.2) is 26.8 Å². The molecule has 0 aliphatic heterocycles. The summed E-state index contributed by atoms with van der Waals surface area (Å²) in [5.74, 6) is 1.91. The first-order valence-electron chi connectivity index (χ1n) is 11.6. The quantitative estimate of drug-likeness (QED) is 0.219. The van der Waals surface area contributed by atoms with E-state index in [0.29, 0.717) is 12.3 Å². The Morgan fingerprint density at radius 1 is 0.903 bits per heavy atom. The highest BCUT2D eigenvalue weighted by atomic mass is 16.5. The zero-order chi connectivity index (χ0) is 22.5. The second kappa shape index (κ2) is 13.7. The molecule has 0 aromatic heterocycles. The number of nitroso groups, excluding NO2 is 1. The van der Waals surface area contributed by atoms with Gasteiger partial charge in [0.15, 0.2) is 0 Å². The molecule has 170 valence electrons. The molecule has 5 heteroatoms. The lowest BCUT2D eigenvalue weighted by atomic mass is 10.00. The Morgan fingerprint density at radius 2 is 1.58 bits per heavy atom. The summed E-state index contributed by atoms with van der Waals surface area (Å²) in [7, 11) is 1.66. The Labute approximate surface area is 187 Å². The van der Waals surface area contributed by atoms with Crippen molar-refractivity contribution in [2.75, 3.05) is 31.7 Å². The largest absolute Gasteiger partial charge is 0.497 e. The van der Waals surface area contributed by atoms with Gasteiger partial charge in [0.2, 0.25) is 0 Å². The summed E-state index contributed by atoms with van der Waals surface area (Å²) in [6, 6.07) is 13.6. The number of anilines is 1. The van der Waals surface area contributed by atoms with Crippen LogP contribution in [0, 0.1) is 4.91 Å². The molecule has 5 nitrogen and oxygen atoms in total. The van der Waals surface area contributed by atoms with Crippen LogP contribution in [0.4, 0.5) is 11.4 Å². The van der Waals surface area contributed by atoms with Gasteiger partial charge in [0.05, 0.1) is 13.7 Å². The van der Waals surface area contributed by atoms with Gasteiger partial charge in [-0.2, -0.15) is 0 Å². The molecule has 0 saturated heterocycles. The minimum absolute atomic E-state index is 0.249. The van der Waals surface area contributed by atoms with E-state index in [1.807, 2.05) is 36.4 Å². The Hall–Kier alpha value is -2.56. The van der Waals surface area contributed by atoms with E-state index in [2.05, 4.69) is 36.9 Å². The first-order valence-corrected chi connectivity index (χ1v) is 11.6. The second-order valence-electron chi connectivity index (χ2n) is 8.27. The summed E-state index contributed by atoms with van der Waals surface area (Å²) in [5.41, 5.74) is 2.66. The van der Waals surface area contributed by atoms with Crippen LogP contribution in [0.3, 0.4) is 0 Å². The molecule has 2 aromatic carbocycles. The van der Waals surface area contributed by atoms with Crippen molar-refractivity contribution in [1.82, 2.24) is 0 Å². The molecular weight excluding hydrogens is 388 g/mol. The van der Waals surface area contributed by atoms with Crippen molar-refractivity contribution in [3.63, 3.8) is 0 Å². The van der Waals surface area contributed by atoms with Gasteiger partial charge in [-0.1, -0.05) is 52.9 Å². The smallest absolute Gasteiger partial charge is 0.119 e. The molecule has 0 saturated carbocycles. The first kappa shape index (κ1) is 24.7. The van der Waals surface area contributed by atoms with Crippen LogP contribution in [-0.2, 0) is 0 Å². The molecule has 0 aliphatic carbocycles. The third-order valence-electron chi connectivity index (χ3n) is 5.57. The summed E-state index contributed by atoms with van der Waals surface area (Å²) in [5, 5.41) is 3.21. The lowest BCUT2D eigenvalue weighted by molar-refractivity contribution is 0.322. The second-order valence-corrected chi connectivity index (χ2v) is 8.27. The van der Waals surface area contributed by atoms with E-state index < -0.39 is 0 Å². The zero-order valence-corrected chi connectivity index (χ0v) is 19.6. The average molecular weight is 427 g/mol. The Kier molecular flexibility index (Phi) is 10.9. The monoisotopic (exact) mass is 426 g/mol. The van der Waals surface area contributed by atoms with E-state index in [9.17, 15) is 4.91 Å². The van der Waals surface area contributed by atoms with E-state index in [0.717, 1.165) is 42.3 Å². The summed E-state index contributed by atoms with van der Waals surface area (Å²) in [6.45, 7) is 8.79. The highest BCUT2D eigenvalue weighted by Crippen LogP contribution is 2.31. The number of hydrogen-bond donors (Lipinski definition) is 0. The molecule has 0 aliphatic rings. The summed E-state index contributed by atoms with van der Waals surface area (Å²) in [6.07, 6.45) is 7.57. The Bertz CT molecular complexity index is 775. The molecule has 0 atom stereocenters. The Morgan fingerprint density at radius 3 is 2.23 bits per heavy atom. The van der Waals surface area contributed by atoms with Crippen LogP contribution in [0.25, 0.3) is 0 Å². The third kappa shape index (κ3) is 8.23. The predicted molar refractivity (Wildman–Crippen MR) is 130 cm³/mol. The molecule has 2 rings (SSSR count).